The highest BCUT2D eigenvalue weighted by molar-refractivity contribution is 5.93. The summed E-state index contributed by atoms with van der Waals surface area (Å²) in [4.78, 5) is 31.6. The molecular weight excluding hydrogens is 368 g/mol. The Bertz CT molecular complexity index is 1030. The molecule has 0 saturated carbocycles. The molecule has 0 aliphatic heterocycles. The first-order chi connectivity index (χ1) is 14.1. The topological polar surface area (TPSA) is 75.9 Å². The monoisotopic (exact) mass is 394 g/mol. The van der Waals surface area contributed by atoms with E-state index in [1.807, 2.05) is 24.3 Å². The number of hydrogen-bond donors (Lipinski definition) is 1. The molecule has 2 heterocycles. The van der Waals surface area contributed by atoms with Crippen LogP contribution in [0.4, 0.5) is 0 Å². The van der Waals surface area contributed by atoms with Gasteiger partial charge < -0.3 is 15.0 Å². The van der Waals surface area contributed by atoms with Gasteiger partial charge in [-0.25, -0.2) is 4.98 Å². The minimum atomic E-state index is -0.460. The average Bonchev–Trinajstić information content (AvgIpc) is 2.76. The second kappa shape index (κ2) is 9.84. The van der Waals surface area contributed by atoms with Crippen LogP contribution in [0.25, 0.3) is 5.65 Å². The summed E-state index contributed by atoms with van der Waals surface area (Å²) in [6.45, 7) is 7.88. The zero-order chi connectivity index (χ0) is 20.6. The van der Waals surface area contributed by atoms with Crippen LogP contribution in [0.3, 0.4) is 0 Å². The highest BCUT2D eigenvalue weighted by Gasteiger charge is 2.14. The molecule has 3 rings (SSSR count). The molecular formula is C22H26N4O3. The Morgan fingerprint density at radius 2 is 1.90 bits per heavy atom. The van der Waals surface area contributed by atoms with Crippen molar-refractivity contribution in [1.82, 2.24) is 19.6 Å². The third-order valence-electron chi connectivity index (χ3n) is 4.83. The van der Waals surface area contributed by atoms with Crippen LogP contribution < -0.4 is 15.6 Å². The molecule has 29 heavy (non-hydrogen) atoms. The second-order valence-electron chi connectivity index (χ2n) is 6.57. The number of pyridine rings is 1. The van der Waals surface area contributed by atoms with Gasteiger partial charge in [0.1, 0.15) is 23.6 Å². The molecule has 0 spiro atoms. The Labute approximate surface area is 170 Å². The summed E-state index contributed by atoms with van der Waals surface area (Å²) >= 11 is 0. The van der Waals surface area contributed by atoms with Crippen LogP contribution in [0.2, 0.25) is 0 Å². The lowest BCUT2D eigenvalue weighted by Gasteiger charge is -2.19. The number of nitrogens with one attached hydrogen (secondary N) is 1. The van der Waals surface area contributed by atoms with Crippen LogP contribution in [0.1, 0.15) is 29.8 Å². The first kappa shape index (κ1) is 20.5. The number of benzene rings is 1. The summed E-state index contributed by atoms with van der Waals surface area (Å²) < 4.78 is 7.28. The lowest BCUT2D eigenvalue weighted by atomic mass is 10.2. The number of likely N-dealkylation sites (N-methyl/N-ethyl adjacent to an activating group) is 1. The molecule has 152 valence electrons. The Morgan fingerprint density at radius 1 is 1.14 bits per heavy atom. The van der Waals surface area contributed by atoms with Crippen LogP contribution in [0.15, 0.2) is 59.7 Å². The van der Waals surface area contributed by atoms with Crippen LogP contribution in [-0.2, 0) is 6.54 Å². The molecule has 0 atom stereocenters. The van der Waals surface area contributed by atoms with Crippen molar-refractivity contribution in [3.05, 3.63) is 76.3 Å². The minimum absolute atomic E-state index is 0.00799. The maximum atomic E-state index is 12.6. The molecule has 1 amide bonds. The van der Waals surface area contributed by atoms with Gasteiger partial charge in [0.15, 0.2) is 0 Å². The van der Waals surface area contributed by atoms with Gasteiger partial charge in [-0.15, -0.1) is 0 Å². The van der Waals surface area contributed by atoms with Crippen LogP contribution in [-0.4, -0.2) is 46.4 Å². The first-order valence-electron chi connectivity index (χ1n) is 9.81. The average molecular weight is 394 g/mol. The third-order valence-corrected chi connectivity index (χ3v) is 4.83. The van der Waals surface area contributed by atoms with Crippen molar-refractivity contribution in [3.63, 3.8) is 0 Å². The number of para-hydroxylation sites is 1. The van der Waals surface area contributed by atoms with E-state index < -0.39 is 11.5 Å². The van der Waals surface area contributed by atoms with Gasteiger partial charge in [-0.1, -0.05) is 38.1 Å². The number of carbonyl (C=O) groups is 1. The van der Waals surface area contributed by atoms with E-state index in [1.165, 1.54) is 10.6 Å². The van der Waals surface area contributed by atoms with Gasteiger partial charge in [-0.3, -0.25) is 14.0 Å². The number of ether oxygens (including phenoxy) is 1. The van der Waals surface area contributed by atoms with Crippen LogP contribution in [0.5, 0.6) is 5.75 Å². The predicted octanol–water partition coefficient (Wildman–Crippen LogP) is 2.35. The molecule has 0 radical (unpaired) electrons. The summed E-state index contributed by atoms with van der Waals surface area (Å²) in [6.07, 6.45) is 2.92. The number of nitrogens with zero attached hydrogens (tertiary/aromatic N) is 3. The Morgan fingerprint density at radius 3 is 2.69 bits per heavy atom. The van der Waals surface area contributed by atoms with E-state index in [1.54, 1.807) is 24.4 Å². The van der Waals surface area contributed by atoms with E-state index in [9.17, 15) is 9.59 Å². The molecule has 2 aromatic heterocycles. The number of rotatable bonds is 9. The van der Waals surface area contributed by atoms with E-state index in [-0.39, 0.29) is 12.1 Å². The molecule has 3 aromatic rings. The van der Waals surface area contributed by atoms with Crippen molar-refractivity contribution in [2.45, 2.75) is 20.4 Å². The molecule has 0 aliphatic rings. The number of carbonyl (C=O) groups excluding carboxylic acids is 1. The van der Waals surface area contributed by atoms with Gasteiger partial charge in [0.2, 0.25) is 0 Å². The highest BCUT2D eigenvalue weighted by Crippen LogP contribution is 2.17. The largest absolute Gasteiger partial charge is 0.492 e. The third kappa shape index (κ3) is 5.00. The number of aromatic nitrogens is 2. The van der Waals surface area contributed by atoms with Gasteiger partial charge in [0.25, 0.3) is 11.5 Å². The molecule has 7 nitrogen and oxygen atoms in total. The van der Waals surface area contributed by atoms with Gasteiger partial charge in [-0.2, -0.15) is 0 Å². The maximum absolute atomic E-state index is 12.6. The highest BCUT2D eigenvalue weighted by atomic mass is 16.5. The molecule has 0 aliphatic carbocycles. The van der Waals surface area contributed by atoms with Gasteiger partial charge >= 0.3 is 0 Å². The summed E-state index contributed by atoms with van der Waals surface area (Å²) in [5.74, 6) is 0.270. The van der Waals surface area contributed by atoms with E-state index in [0.717, 1.165) is 30.9 Å². The van der Waals surface area contributed by atoms with E-state index in [0.29, 0.717) is 12.3 Å². The summed E-state index contributed by atoms with van der Waals surface area (Å²) in [5, 5.41) is 2.80. The molecule has 0 bridgehead atoms. The zero-order valence-electron chi connectivity index (χ0n) is 16.8. The molecule has 1 N–H and O–H groups in total. The van der Waals surface area contributed by atoms with Crippen molar-refractivity contribution in [2.24, 2.45) is 0 Å². The number of hydrogen-bond acceptors (Lipinski definition) is 5. The maximum Gasteiger partial charge on any atom is 0.270 e. The summed E-state index contributed by atoms with van der Waals surface area (Å²) in [6, 6.07) is 12.8. The minimum Gasteiger partial charge on any atom is -0.492 e. The first-order valence-corrected chi connectivity index (χ1v) is 9.81. The molecule has 7 heteroatoms. The zero-order valence-corrected chi connectivity index (χ0v) is 16.8. The lowest BCUT2D eigenvalue weighted by molar-refractivity contribution is 0.0948. The standard InChI is InChI=1S/C22H26N4O3/c1-3-25(4-2)13-14-29-19-10-6-5-9-17(19)15-24-21(27)18-16-23-20-11-7-8-12-26(20)22(18)28/h5-12,16H,3-4,13-15H2,1-2H3,(H,24,27). The van der Waals surface area contributed by atoms with Crippen molar-refractivity contribution in [2.75, 3.05) is 26.2 Å². The van der Waals surface area contributed by atoms with Gasteiger partial charge in [0.05, 0.1) is 0 Å². The molecule has 0 fully saturated rings. The van der Waals surface area contributed by atoms with Crippen LogP contribution in [0, 0.1) is 0 Å². The van der Waals surface area contributed by atoms with E-state index in [2.05, 4.69) is 29.0 Å². The molecule has 0 unspecified atom stereocenters. The van der Waals surface area contributed by atoms with Crippen molar-refractivity contribution in [1.29, 1.82) is 0 Å². The molecule has 1 aromatic carbocycles. The SMILES string of the molecule is CCN(CC)CCOc1ccccc1CNC(=O)c1cnc2ccccn2c1=O. The Hall–Kier alpha value is -3.19. The van der Waals surface area contributed by atoms with Gasteiger partial charge in [0, 0.05) is 31.0 Å². The number of fused-ring (bicyclic) bond motifs is 1. The predicted molar refractivity (Wildman–Crippen MR) is 112 cm³/mol. The Balaban J connectivity index is 1.66. The smallest absolute Gasteiger partial charge is 0.270 e. The lowest BCUT2D eigenvalue weighted by Crippen LogP contribution is -2.31. The quantitative estimate of drug-likeness (QED) is 0.603. The fourth-order valence-electron chi connectivity index (χ4n) is 3.07. The summed E-state index contributed by atoms with van der Waals surface area (Å²) in [5.41, 5.74) is 0.973. The fourth-order valence-corrected chi connectivity index (χ4v) is 3.07. The van der Waals surface area contributed by atoms with Gasteiger partial charge in [-0.05, 0) is 31.3 Å². The number of amides is 1. The van der Waals surface area contributed by atoms with E-state index in [4.69, 9.17) is 4.74 Å². The second-order valence-corrected chi connectivity index (χ2v) is 6.57. The van der Waals surface area contributed by atoms with Crippen LogP contribution >= 0.6 is 0 Å². The molecule has 0 saturated heterocycles. The fraction of sp³-hybridized carbons (Fsp3) is 0.318. The van der Waals surface area contributed by atoms with E-state index >= 15 is 0 Å². The van der Waals surface area contributed by atoms with Crippen molar-refractivity contribution >= 4 is 11.6 Å². The van der Waals surface area contributed by atoms with Crippen molar-refractivity contribution < 1.29 is 9.53 Å². The Kier molecular flexibility index (Phi) is 6.97. The summed E-state index contributed by atoms with van der Waals surface area (Å²) in [7, 11) is 0. The normalized spacial score (nSPS) is 11.0. The van der Waals surface area contributed by atoms with Crippen molar-refractivity contribution in [3.8, 4) is 5.75 Å².